The van der Waals surface area contributed by atoms with Crippen LogP contribution >= 0.6 is 0 Å². The minimum atomic E-state index is -0.588. The number of H-pyrrole nitrogens is 1. The summed E-state index contributed by atoms with van der Waals surface area (Å²) in [6.07, 6.45) is 1.75. The highest BCUT2D eigenvalue weighted by Gasteiger charge is 2.12. The number of pyridine rings is 1. The quantitative estimate of drug-likeness (QED) is 0.542. The topological polar surface area (TPSA) is 79.8 Å². The van der Waals surface area contributed by atoms with Gasteiger partial charge in [0.05, 0.1) is 16.6 Å². The van der Waals surface area contributed by atoms with Crippen molar-refractivity contribution < 1.29 is 13.6 Å². The Morgan fingerprint density at radius 3 is 2.79 bits per heavy atom. The molecule has 0 aliphatic carbocycles. The van der Waals surface area contributed by atoms with Gasteiger partial charge in [0.15, 0.2) is 0 Å². The van der Waals surface area contributed by atoms with Gasteiger partial charge in [0, 0.05) is 30.9 Å². The van der Waals surface area contributed by atoms with Crippen LogP contribution in [-0.4, -0.2) is 20.4 Å². The lowest BCUT2D eigenvalue weighted by molar-refractivity contribution is -0.116. The van der Waals surface area contributed by atoms with E-state index in [4.69, 9.17) is 0 Å². The van der Waals surface area contributed by atoms with Crippen LogP contribution < -0.4 is 10.9 Å². The van der Waals surface area contributed by atoms with Crippen LogP contribution in [0.4, 0.5) is 14.5 Å². The van der Waals surface area contributed by atoms with Gasteiger partial charge in [-0.1, -0.05) is 6.07 Å². The predicted molar refractivity (Wildman–Crippen MR) is 105 cm³/mol. The number of amides is 1. The summed E-state index contributed by atoms with van der Waals surface area (Å²) < 4.78 is 28.9. The lowest BCUT2D eigenvalue weighted by Gasteiger charge is -2.07. The van der Waals surface area contributed by atoms with Crippen molar-refractivity contribution in [3.63, 3.8) is 0 Å². The summed E-state index contributed by atoms with van der Waals surface area (Å²) in [6.45, 7) is 0.265. The molecule has 0 aliphatic rings. The number of aromatic nitrogens is 3. The van der Waals surface area contributed by atoms with E-state index in [2.05, 4.69) is 15.3 Å². The molecule has 2 aromatic carbocycles. The molecule has 1 amide bonds. The Morgan fingerprint density at radius 1 is 1.10 bits per heavy atom. The van der Waals surface area contributed by atoms with Gasteiger partial charge < -0.3 is 14.9 Å². The molecule has 0 saturated heterocycles. The second-order valence-electron chi connectivity index (χ2n) is 6.47. The van der Waals surface area contributed by atoms with Crippen LogP contribution in [0.15, 0.2) is 65.6 Å². The maximum absolute atomic E-state index is 14.0. The molecule has 29 heavy (non-hydrogen) atoms. The minimum Gasteiger partial charge on any atom is -0.338 e. The summed E-state index contributed by atoms with van der Waals surface area (Å²) in [5.74, 6) is -1.21. The largest absolute Gasteiger partial charge is 0.338 e. The highest BCUT2D eigenvalue weighted by atomic mass is 19.1. The van der Waals surface area contributed by atoms with Crippen LogP contribution in [0.2, 0.25) is 0 Å². The Labute approximate surface area is 163 Å². The zero-order valence-corrected chi connectivity index (χ0v) is 15.2. The number of benzene rings is 2. The molecule has 4 aromatic rings. The van der Waals surface area contributed by atoms with Crippen LogP contribution in [-0.2, 0) is 11.3 Å². The molecule has 8 heteroatoms. The normalized spacial score (nSPS) is 11.0. The molecule has 4 rings (SSSR count). The number of rotatable bonds is 5. The van der Waals surface area contributed by atoms with Crippen LogP contribution in [0.1, 0.15) is 6.42 Å². The van der Waals surface area contributed by atoms with Crippen LogP contribution in [0, 0.1) is 11.6 Å². The van der Waals surface area contributed by atoms with E-state index in [0.717, 1.165) is 18.2 Å². The summed E-state index contributed by atoms with van der Waals surface area (Å²) in [7, 11) is 0. The van der Waals surface area contributed by atoms with Crippen LogP contribution in [0.3, 0.4) is 0 Å². The van der Waals surface area contributed by atoms with Crippen molar-refractivity contribution in [3.05, 3.63) is 82.8 Å². The highest BCUT2D eigenvalue weighted by molar-refractivity contribution is 5.93. The number of nitrogens with zero attached hydrogens (tertiary/aromatic N) is 2. The molecular weight excluding hydrogens is 378 g/mol. The first kappa shape index (κ1) is 18.5. The molecule has 0 fully saturated rings. The highest BCUT2D eigenvalue weighted by Crippen LogP contribution is 2.25. The van der Waals surface area contributed by atoms with E-state index < -0.39 is 11.6 Å². The molecular formula is C21H16F2N4O2. The monoisotopic (exact) mass is 394 g/mol. The number of carbonyl (C=O) groups excluding carboxylic acids is 1. The SMILES string of the molecule is O=C(CCn1ccccc1=O)Nc1ccc2nc(-c3cc(F)ccc3F)[nH]c2c1. The number of hydrogen-bond acceptors (Lipinski definition) is 3. The van der Waals surface area contributed by atoms with Crippen molar-refractivity contribution in [1.82, 2.24) is 14.5 Å². The van der Waals surface area contributed by atoms with Gasteiger partial charge in [-0.3, -0.25) is 9.59 Å². The summed E-state index contributed by atoms with van der Waals surface area (Å²) in [5, 5.41) is 2.76. The van der Waals surface area contributed by atoms with Gasteiger partial charge in [0.2, 0.25) is 5.91 Å². The molecule has 0 spiro atoms. The first-order chi connectivity index (χ1) is 14.0. The molecule has 0 saturated carbocycles. The van der Waals surface area contributed by atoms with Crippen LogP contribution in [0.25, 0.3) is 22.4 Å². The molecule has 2 heterocycles. The Morgan fingerprint density at radius 2 is 1.97 bits per heavy atom. The fourth-order valence-electron chi connectivity index (χ4n) is 2.98. The zero-order chi connectivity index (χ0) is 20.4. The average molecular weight is 394 g/mol. The third kappa shape index (κ3) is 4.06. The minimum absolute atomic E-state index is 0.0279. The molecule has 2 N–H and O–H groups in total. The number of hydrogen-bond donors (Lipinski definition) is 2. The Hall–Kier alpha value is -3.81. The Bertz CT molecular complexity index is 1260. The summed E-state index contributed by atoms with van der Waals surface area (Å²) in [4.78, 5) is 31.1. The van der Waals surface area contributed by atoms with Crippen molar-refractivity contribution in [1.29, 1.82) is 0 Å². The predicted octanol–water partition coefficient (Wildman–Crippen LogP) is 3.70. The van der Waals surface area contributed by atoms with E-state index in [1.54, 1.807) is 36.5 Å². The Balaban J connectivity index is 1.50. The summed E-state index contributed by atoms with van der Waals surface area (Å²) in [5.41, 5.74) is 1.51. The molecule has 146 valence electrons. The van der Waals surface area contributed by atoms with Gasteiger partial charge in [-0.05, 0) is 42.5 Å². The van der Waals surface area contributed by atoms with Gasteiger partial charge >= 0.3 is 0 Å². The number of carbonyl (C=O) groups is 1. The number of imidazole rings is 1. The van der Waals surface area contributed by atoms with Crippen molar-refractivity contribution in [2.24, 2.45) is 0 Å². The average Bonchev–Trinajstić information content (AvgIpc) is 3.12. The third-order valence-corrected chi connectivity index (χ3v) is 4.43. The molecule has 6 nitrogen and oxygen atoms in total. The second-order valence-corrected chi connectivity index (χ2v) is 6.47. The first-order valence-electron chi connectivity index (χ1n) is 8.90. The number of aromatic amines is 1. The molecule has 0 unspecified atom stereocenters. The number of fused-ring (bicyclic) bond motifs is 1. The van der Waals surface area contributed by atoms with Crippen molar-refractivity contribution >= 4 is 22.6 Å². The maximum Gasteiger partial charge on any atom is 0.250 e. The summed E-state index contributed by atoms with van der Waals surface area (Å²) in [6, 6.07) is 13.0. The van der Waals surface area contributed by atoms with E-state index in [-0.39, 0.29) is 35.8 Å². The lowest BCUT2D eigenvalue weighted by Crippen LogP contribution is -2.21. The van der Waals surface area contributed by atoms with Gasteiger partial charge in [-0.25, -0.2) is 13.8 Å². The zero-order valence-electron chi connectivity index (χ0n) is 15.2. The molecule has 0 radical (unpaired) electrons. The smallest absolute Gasteiger partial charge is 0.250 e. The lowest BCUT2D eigenvalue weighted by atomic mass is 10.2. The third-order valence-electron chi connectivity index (χ3n) is 4.43. The van der Waals surface area contributed by atoms with Gasteiger partial charge in [-0.15, -0.1) is 0 Å². The first-order valence-corrected chi connectivity index (χ1v) is 8.90. The molecule has 0 bridgehead atoms. The van der Waals surface area contributed by atoms with Crippen molar-refractivity contribution in [2.45, 2.75) is 13.0 Å². The maximum atomic E-state index is 14.0. The van der Waals surface area contributed by atoms with Gasteiger partial charge in [-0.2, -0.15) is 0 Å². The van der Waals surface area contributed by atoms with E-state index in [0.29, 0.717) is 16.7 Å². The van der Waals surface area contributed by atoms with E-state index in [9.17, 15) is 18.4 Å². The van der Waals surface area contributed by atoms with Gasteiger partial charge in [0.1, 0.15) is 17.5 Å². The number of aryl methyl sites for hydroxylation is 1. The molecule has 0 atom stereocenters. The van der Waals surface area contributed by atoms with E-state index in [1.807, 2.05) is 0 Å². The summed E-state index contributed by atoms with van der Waals surface area (Å²) >= 11 is 0. The van der Waals surface area contributed by atoms with Crippen LogP contribution in [0.5, 0.6) is 0 Å². The van der Waals surface area contributed by atoms with Crippen molar-refractivity contribution in [3.8, 4) is 11.4 Å². The number of nitrogens with one attached hydrogen (secondary N) is 2. The number of halogens is 2. The number of anilines is 1. The fourth-order valence-corrected chi connectivity index (χ4v) is 2.98. The van der Waals surface area contributed by atoms with Gasteiger partial charge in [0.25, 0.3) is 5.56 Å². The van der Waals surface area contributed by atoms with Crippen molar-refractivity contribution in [2.75, 3.05) is 5.32 Å². The van der Waals surface area contributed by atoms with E-state index >= 15 is 0 Å². The molecule has 0 aliphatic heterocycles. The van der Waals surface area contributed by atoms with E-state index in [1.165, 1.54) is 10.6 Å². The fraction of sp³-hybridized carbons (Fsp3) is 0.0952. The standard InChI is InChI=1S/C21H16F2N4O2/c22-13-4-6-16(23)15(11-13)21-25-17-7-5-14(12-18(17)26-21)24-19(28)8-10-27-9-2-1-3-20(27)29/h1-7,9,11-12H,8,10H2,(H,24,28)(H,25,26). The molecule has 2 aromatic heterocycles. The second kappa shape index (κ2) is 7.67. The Kier molecular flexibility index (Phi) is 4.90.